The summed E-state index contributed by atoms with van der Waals surface area (Å²) in [5, 5.41) is 0. The number of hydrogen-bond donors (Lipinski definition) is 0. The molecule has 1 aromatic heterocycles. The molecule has 5 rings (SSSR count). The van der Waals surface area contributed by atoms with Crippen molar-refractivity contribution in [3.05, 3.63) is 82.8 Å². The fourth-order valence-corrected chi connectivity index (χ4v) is 5.34. The first kappa shape index (κ1) is 23.3. The van der Waals surface area contributed by atoms with E-state index in [2.05, 4.69) is 29.3 Å². The second-order valence-electron chi connectivity index (χ2n) is 9.58. The van der Waals surface area contributed by atoms with Gasteiger partial charge in [-0.2, -0.15) is 0 Å². The SMILES string of the molecule is COC(=O)[C@@H](C)[C@@H](c1ccc2c(c1)C=C(c1ccc(-c3ccnc(OC)c3)cc1F)CC2)C1CC1. The van der Waals surface area contributed by atoms with Crippen molar-refractivity contribution < 1.29 is 18.7 Å². The Bertz CT molecular complexity index is 1290. The number of fused-ring (bicyclic) bond motifs is 1. The van der Waals surface area contributed by atoms with Crippen LogP contribution in [0.15, 0.2) is 54.7 Å². The maximum Gasteiger partial charge on any atom is 0.309 e. The third kappa shape index (κ3) is 4.72. The number of ether oxygens (including phenoxy) is 2. The Hall–Kier alpha value is -3.47. The number of carbonyl (C=O) groups is 1. The van der Waals surface area contributed by atoms with Gasteiger partial charge in [0.25, 0.3) is 0 Å². The van der Waals surface area contributed by atoms with Gasteiger partial charge < -0.3 is 9.47 Å². The van der Waals surface area contributed by atoms with Crippen LogP contribution < -0.4 is 4.74 Å². The summed E-state index contributed by atoms with van der Waals surface area (Å²) in [5.74, 6) is 0.588. The molecule has 2 aliphatic carbocycles. The largest absolute Gasteiger partial charge is 0.481 e. The Balaban J connectivity index is 1.46. The van der Waals surface area contributed by atoms with E-state index < -0.39 is 0 Å². The number of pyridine rings is 1. The van der Waals surface area contributed by atoms with Crippen molar-refractivity contribution in [2.24, 2.45) is 11.8 Å². The van der Waals surface area contributed by atoms with E-state index in [0.717, 1.165) is 47.9 Å². The van der Waals surface area contributed by atoms with Gasteiger partial charge >= 0.3 is 5.97 Å². The minimum atomic E-state index is -0.237. The van der Waals surface area contributed by atoms with Crippen LogP contribution in [0.4, 0.5) is 4.39 Å². The standard InChI is InChI=1S/C30H30FNO3/c1-18(30(33)35-3)29(20-6-7-20)24-9-5-19-4-8-23(14-25(19)15-24)26-11-10-21(16-27(26)31)22-12-13-32-28(17-22)34-2/h5,9-18,20,29H,4,6-8H2,1-3H3/t18-,29+/m0/s1. The van der Waals surface area contributed by atoms with E-state index >= 15 is 4.39 Å². The molecule has 1 heterocycles. The van der Waals surface area contributed by atoms with E-state index in [1.54, 1.807) is 25.4 Å². The molecule has 2 atom stereocenters. The predicted molar refractivity (Wildman–Crippen MR) is 135 cm³/mol. The topological polar surface area (TPSA) is 48.4 Å². The number of nitrogens with zero attached hydrogens (tertiary/aromatic N) is 1. The van der Waals surface area contributed by atoms with Gasteiger partial charge in [-0.05, 0) is 83.0 Å². The number of rotatable bonds is 7. The van der Waals surface area contributed by atoms with Crippen molar-refractivity contribution in [1.82, 2.24) is 4.98 Å². The lowest BCUT2D eigenvalue weighted by Gasteiger charge is -2.25. The summed E-state index contributed by atoms with van der Waals surface area (Å²) in [6.07, 6.45) is 7.72. The number of hydrogen-bond acceptors (Lipinski definition) is 4. The third-order valence-corrected chi connectivity index (χ3v) is 7.38. The number of carbonyl (C=O) groups excluding carboxylic acids is 1. The fraction of sp³-hybridized carbons (Fsp3) is 0.333. The zero-order chi connectivity index (χ0) is 24.5. The van der Waals surface area contributed by atoms with Gasteiger partial charge in [-0.25, -0.2) is 9.37 Å². The molecule has 0 bridgehead atoms. The number of aromatic nitrogens is 1. The molecular formula is C30H30FNO3. The second-order valence-corrected chi connectivity index (χ2v) is 9.58. The maximum absolute atomic E-state index is 15.3. The summed E-state index contributed by atoms with van der Waals surface area (Å²) < 4.78 is 25.5. The molecule has 0 radical (unpaired) electrons. The molecule has 0 N–H and O–H groups in total. The lowest BCUT2D eigenvalue weighted by molar-refractivity contribution is -0.145. The molecule has 2 aromatic carbocycles. The van der Waals surface area contributed by atoms with Crippen molar-refractivity contribution >= 4 is 17.6 Å². The molecule has 5 heteroatoms. The fourth-order valence-electron chi connectivity index (χ4n) is 5.34. The van der Waals surface area contributed by atoms with Gasteiger partial charge in [0.05, 0.1) is 20.1 Å². The molecule has 0 saturated heterocycles. The Kier molecular flexibility index (Phi) is 6.42. The van der Waals surface area contributed by atoms with Crippen LogP contribution in [0.25, 0.3) is 22.8 Å². The highest BCUT2D eigenvalue weighted by atomic mass is 19.1. The first-order chi connectivity index (χ1) is 17.0. The highest BCUT2D eigenvalue weighted by Gasteiger charge is 2.39. The van der Waals surface area contributed by atoms with Crippen molar-refractivity contribution in [2.45, 2.75) is 38.5 Å². The maximum atomic E-state index is 15.3. The minimum Gasteiger partial charge on any atom is -0.481 e. The van der Waals surface area contributed by atoms with E-state index in [0.29, 0.717) is 17.4 Å². The van der Waals surface area contributed by atoms with Crippen LogP contribution in [-0.4, -0.2) is 25.2 Å². The zero-order valence-electron chi connectivity index (χ0n) is 20.4. The first-order valence-corrected chi connectivity index (χ1v) is 12.2. The van der Waals surface area contributed by atoms with Crippen LogP contribution in [0.1, 0.15) is 54.4 Å². The van der Waals surface area contributed by atoms with Crippen molar-refractivity contribution in [3.8, 4) is 17.0 Å². The van der Waals surface area contributed by atoms with Crippen LogP contribution in [0.3, 0.4) is 0 Å². The summed E-state index contributed by atoms with van der Waals surface area (Å²) >= 11 is 0. The monoisotopic (exact) mass is 471 g/mol. The molecule has 2 aliphatic rings. The van der Waals surface area contributed by atoms with Crippen LogP contribution >= 0.6 is 0 Å². The number of aryl methyl sites for hydroxylation is 1. The summed E-state index contributed by atoms with van der Waals surface area (Å²) in [4.78, 5) is 16.4. The molecule has 0 aliphatic heterocycles. The Labute approximate surface area is 205 Å². The molecule has 35 heavy (non-hydrogen) atoms. The summed E-state index contributed by atoms with van der Waals surface area (Å²) in [6, 6.07) is 15.6. The van der Waals surface area contributed by atoms with Gasteiger partial charge in [0.15, 0.2) is 0 Å². The average molecular weight is 472 g/mol. The molecule has 3 aromatic rings. The Morgan fingerprint density at radius 1 is 1.03 bits per heavy atom. The molecule has 0 spiro atoms. The smallest absolute Gasteiger partial charge is 0.309 e. The number of methoxy groups -OCH3 is 2. The number of benzene rings is 2. The Morgan fingerprint density at radius 2 is 1.83 bits per heavy atom. The minimum absolute atomic E-state index is 0.153. The molecule has 0 amide bonds. The third-order valence-electron chi connectivity index (χ3n) is 7.38. The van der Waals surface area contributed by atoms with Gasteiger partial charge in [-0.1, -0.05) is 43.3 Å². The highest BCUT2D eigenvalue weighted by Crippen LogP contribution is 2.47. The molecule has 0 unspecified atom stereocenters. The van der Waals surface area contributed by atoms with Gasteiger partial charge in [0.2, 0.25) is 5.88 Å². The Morgan fingerprint density at radius 3 is 2.54 bits per heavy atom. The van der Waals surface area contributed by atoms with Crippen LogP contribution in [0.2, 0.25) is 0 Å². The van der Waals surface area contributed by atoms with Gasteiger partial charge in [0.1, 0.15) is 5.82 Å². The highest BCUT2D eigenvalue weighted by molar-refractivity contribution is 5.85. The first-order valence-electron chi connectivity index (χ1n) is 12.2. The van der Waals surface area contributed by atoms with Crippen LogP contribution in [0.5, 0.6) is 5.88 Å². The summed E-state index contributed by atoms with van der Waals surface area (Å²) in [6.45, 7) is 1.96. The average Bonchev–Trinajstić information content (AvgIpc) is 3.73. The van der Waals surface area contributed by atoms with Gasteiger partial charge in [-0.3, -0.25) is 4.79 Å². The van der Waals surface area contributed by atoms with Gasteiger partial charge in [-0.15, -0.1) is 0 Å². The lowest BCUT2D eigenvalue weighted by Crippen LogP contribution is -2.22. The zero-order valence-corrected chi connectivity index (χ0v) is 20.4. The van der Waals surface area contributed by atoms with Gasteiger partial charge in [0, 0.05) is 17.8 Å². The molecule has 1 saturated carbocycles. The van der Waals surface area contributed by atoms with Crippen LogP contribution in [-0.2, 0) is 16.0 Å². The molecule has 4 nitrogen and oxygen atoms in total. The summed E-state index contributed by atoms with van der Waals surface area (Å²) in [7, 11) is 3.02. The molecule has 1 fully saturated rings. The van der Waals surface area contributed by atoms with E-state index in [4.69, 9.17) is 9.47 Å². The number of esters is 1. The van der Waals surface area contributed by atoms with Crippen molar-refractivity contribution in [1.29, 1.82) is 0 Å². The quantitative estimate of drug-likeness (QED) is 0.360. The van der Waals surface area contributed by atoms with E-state index in [1.165, 1.54) is 18.2 Å². The molecule has 180 valence electrons. The lowest BCUT2D eigenvalue weighted by atomic mass is 9.80. The summed E-state index contributed by atoms with van der Waals surface area (Å²) in [5.41, 5.74) is 6.83. The van der Waals surface area contributed by atoms with E-state index in [-0.39, 0.29) is 23.6 Å². The normalized spacial score (nSPS) is 16.6. The van der Waals surface area contributed by atoms with Crippen molar-refractivity contribution in [3.63, 3.8) is 0 Å². The molecular weight excluding hydrogens is 441 g/mol. The predicted octanol–water partition coefficient (Wildman–Crippen LogP) is 6.69. The van der Waals surface area contributed by atoms with Crippen LogP contribution in [0, 0.1) is 17.7 Å². The van der Waals surface area contributed by atoms with Crippen molar-refractivity contribution in [2.75, 3.05) is 14.2 Å². The number of allylic oxidation sites excluding steroid dienone is 1. The van der Waals surface area contributed by atoms with E-state index in [9.17, 15) is 4.79 Å². The second kappa shape index (κ2) is 9.65. The number of halogens is 1. The van der Waals surface area contributed by atoms with E-state index in [1.807, 2.05) is 25.1 Å².